The molecule has 1 fully saturated rings. The standard InChI is InChI=1S/C31H42N2O4/c1-5-8-19-32(20-9-6-2)21-10-22-33-28(24-15-17-26(18-16-24)37-7-3)27(30(35)31(33)36)29(34)25-13-11-23(4)12-14-25/h11-18,28,34H,5-10,19-22H2,1-4H3. The van der Waals surface area contributed by atoms with Crippen LogP contribution in [-0.4, -0.2) is 59.4 Å². The quantitative estimate of drug-likeness (QED) is 0.190. The van der Waals surface area contributed by atoms with Crippen molar-refractivity contribution in [2.75, 3.05) is 32.8 Å². The number of aliphatic hydroxyl groups is 1. The lowest BCUT2D eigenvalue weighted by Crippen LogP contribution is -2.34. The molecular formula is C31H42N2O4. The number of benzene rings is 2. The van der Waals surface area contributed by atoms with Crippen molar-refractivity contribution in [1.29, 1.82) is 0 Å². The van der Waals surface area contributed by atoms with Gasteiger partial charge in [0, 0.05) is 12.1 Å². The van der Waals surface area contributed by atoms with Crippen LogP contribution in [0.25, 0.3) is 5.76 Å². The van der Waals surface area contributed by atoms with Gasteiger partial charge in [0.1, 0.15) is 11.5 Å². The van der Waals surface area contributed by atoms with E-state index in [1.165, 1.54) is 0 Å². The van der Waals surface area contributed by atoms with Crippen LogP contribution in [-0.2, 0) is 9.59 Å². The second kappa shape index (κ2) is 14.0. The molecule has 6 heteroatoms. The van der Waals surface area contributed by atoms with Crippen molar-refractivity contribution in [2.45, 2.75) is 65.8 Å². The molecule has 0 saturated carbocycles. The lowest BCUT2D eigenvalue weighted by molar-refractivity contribution is -0.140. The van der Waals surface area contributed by atoms with Crippen molar-refractivity contribution in [3.8, 4) is 5.75 Å². The molecular weight excluding hydrogens is 464 g/mol. The summed E-state index contributed by atoms with van der Waals surface area (Å²) in [7, 11) is 0. The molecule has 0 spiro atoms. The van der Waals surface area contributed by atoms with Gasteiger partial charge in [-0.2, -0.15) is 0 Å². The third-order valence-corrected chi connectivity index (χ3v) is 6.90. The number of carbonyl (C=O) groups excluding carboxylic acids is 2. The summed E-state index contributed by atoms with van der Waals surface area (Å²) in [5.41, 5.74) is 2.51. The smallest absolute Gasteiger partial charge is 0.295 e. The number of ether oxygens (including phenoxy) is 1. The molecule has 1 aliphatic rings. The van der Waals surface area contributed by atoms with Crippen LogP contribution < -0.4 is 4.74 Å². The Morgan fingerprint density at radius 3 is 2.05 bits per heavy atom. The summed E-state index contributed by atoms with van der Waals surface area (Å²) in [6.45, 7) is 12.2. The van der Waals surface area contributed by atoms with E-state index in [0.717, 1.165) is 68.6 Å². The van der Waals surface area contributed by atoms with Crippen LogP contribution in [0.2, 0.25) is 0 Å². The van der Waals surface area contributed by atoms with Gasteiger partial charge in [-0.05, 0) is 70.4 Å². The summed E-state index contributed by atoms with van der Waals surface area (Å²) in [6.07, 6.45) is 5.36. The number of nitrogens with zero attached hydrogens (tertiary/aromatic N) is 2. The first kappa shape index (κ1) is 28.5. The zero-order valence-corrected chi connectivity index (χ0v) is 22.8. The highest BCUT2D eigenvalue weighted by molar-refractivity contribution is 6.46. The van der Waals surface area contributed by atoms with E-state index in [0.29, 0.717) is 18.7 Å². The summed E-state index contributed by atoms with van der Waals surface area (Å²) < 4.78 is 5.59. The highest BCUT2D eigenvalue weighted by atomic mass is 16.5. The van der Waals surface area contributed by atoms with Crippen LogP contribution in [0.15, 0.2) is 54.1 Å². The van der Waals surface area contributed by atoms with Crippen LogP contribution in [0.1, 0.15) is 75.6 Å². The number of hydrogen-bond acceptors (Lipinski definition) is 5. The Bertz CT molecular complexity index is 1050. The first-order valence-corrected chi connectivity index (χ1v) is 13.7. The average Bonchev–Trinajstić information content (AvgIpc) is 3.15. The van der Waals surface area contributed by atoms with Gasteiger partial charge in [-0.25, -0.2) is 0 Å². The maximum absolute atomic E-state index is 13.3. The minimum absolute atomic E-state index is 0.132. The highest BCUT2D eigenvalue weighted by Crippen LogP contribution is 2.40. The van der Waals surface area contributed by atoms with E-state index in [-0.39, 0.29) is 11.3 Å². The van der Waals surface area contributed by atoms with Crippen molar-refractivity contribution >= 4 is 17.4 Å². The monoisotopic (exact) mass is 506 g/mol. The Labute approximate surface area is 221 Å². The van der Waals surface area contributed by atoms with Gasteiger partial charge in [0.05, 0.1) is 18.2 Å². The van der Waals surface area contributed by atoms with Gasteiger partial charge < -0.3 is 19.6 Å². The molecule has 1 aliphatic heterocycles. The van der Waals surface area contributed by atoms with E-state index in [2.05, 4.69) is 18.7 Å². The van der Waals surface area contributed by atoms with E-state index < -0.39 is 17.7 Å². The molecule has 1 atom stereocenters. The van der Waals surface area contributed by atoms with E-state index >= 15 is 0 Å². The number of carbonyl (C=O) groups is 2. The van der Waals surface area contributed by atoms with Gasteiger partial charge in [0.25, 0.3) is 11.7 Å². The minimum Gasteiger partial charge on any atom is -0.507 e. The first-order chi connectivity index (χ1) is 17.9. The van der Waals surface area contributed by atoms with Crippen molar-refractivity contribution in [3.63, 3.8) is 0 Å². The molecule has 1 N–H and O–H groups in total. The molecule has 0 bridgehead atoms. The maximum Gasteiger partial charge on any atom is 0.295 e. The van der Waals surface area contributed by atoms with E-state index in [1.807, 2.05) is 50.2 Å². The Balaban J connectivity index is 1.92. The second-order valence-corrected chi connectivity index (χ2v) is 9.76. The molecule has 3 rings (SSSR count). The third-order valence-electron chi connectivity index (χ3n) is 6.90. The summed E-state index contributed by atoms with van der Waals surface area (Å²) in [6, 6.07) is 14.2. The molecule has 6 nitrogen and oxygen atoms in total. The van der Waals surface area contributed by atoms with Crippen LogP contribution in [0, 0.1) is 6.92 Å². The number of Topliss-reactive ketones (excluding diaryl/α,β-unsaturated/α-hetero) is 1. The number of hydrogen-bond donors (Lipinski definition) is 1. The van der Waals surface area contributed by atoms with Crippen LogP contribution in [0.5, 0.6) is 5.75 Å². The molecule has 200 valence electrons. The third kappa shape index (κ3) is 7.22. The van der Waals surface area contributed by atoms with Crippen LogP contribution in [0.3, 0.4) is 0 Å². The van der Waals surface area contributed by atoms with Crippen LogP contribution in [0.4, 0.5) is 0 Å². The highest BCUT2D eigenvalue weighted by Gasteiger charge is 2.45. The number of amides is 1. The second-order valence-electron chi connectivity index (χ2n) is 9.76. The SMILES string of the molecule is CCCCN(CCCC)CCCN1C(=O)C(=O)C(=C(O)c2ccc(C)cc2)C1c1ccc(OCC)cc1. The topological polar surface area (TPSA) is 70.1 Å². The predicted octanol–water partition coefficient (Wildman–Crippen LogP) is 6.11. The number of aryl methyl sites for hydroxylation is 1. The summed E-state index contributed by atoms with van der Waals surface area (Å²) in [5, 5.41) is 11.2. The van der Waals surface area contributed by atoms with Crippen molar-refractivity contribution in [1.82, 2.24) is 9.80 Å². The van der Waals surface area contributed by atoms with E-state index in [9.17, 15) is 14.7 Å². The Hall–Kier alpha value is -3.12. The summed E-state index contributed by atoms with van der Waals surface area (Å²) in [4.78, 5) is 30.7. The fraction of sp³-hybridized carbons (Fsp3) is 0.484. The Morgan fingerprint density at radius 2 is 1.49 bits per heavy atom. The molecule has 0 radical (unpaired) electrons. The molecule has 1 unspecified atom stereocenters. The molecule has 1 amide bonds. The fourth-order valence-electron chi connectivity index (χ4n) is 4.80. The van der Waals surface area contributed by atoms with E-state index in [4.69, 9.17) is 4.74 Å². The largest absolute Gasteiger partial charge is 0.507 e. The van der Waals surface area contributed by atoms with E-state index in [1.54, 1.807) is 17.0 Å². The Morgan fingerprint density at radius 1 is 0.892 bits per heavy atom. The number of unbranched alkanes of at least 4 members (excludes halogenated alkanes) is 2. The van der Waals surface area contributed by atoms with Crippen molar-refractivity contribution < 1.29 is 19.4 Å². The molecule has 1 heterocycles. The minimum atomic E-state index is -0.642. The van der Waals surface area contributed by atoms with Gasteiger partial charge in [-0.3, -0.25) is 9.59 Å². The molecule has 1 saturated heterocycles. The number of rotatable bonds is 14. The first-order valence-electron chi connectivity index (χ1n) is 13.7. The van der Waals surface area contributed by atoms with Gasteiger partial charge in [-0.1, -0.05) is 68.7 Å². The Kier molecular flexibility index (Phi) is 10.8. The number of ketones is 1. The summed E-state index contributed by atoms with van der Waals surface area (Å²) >= 11 is 0. The van der Waals surface area contributed by atoms with Gasteiger partial charge in [-0.15, -0.1) is 0 Å². The van der Waals surface area contributed by atoms with Crippen LogP contribution >= 0.6 is 0 Å². The fourth-order valence-corrected chi connectivity index (χ4v) is 4.80. The van der Waals surface area contributed by atoms with Gasteiger partial charge in [0.15, 0.2) is 0 Å². The molecule has 37 heavy (non-hydrogen) atoms. The number of likely N-dealkylation sites (tertiary alicyclic amines) is 1. The maximum atomic E-state index is 13.3. The number of aliphatic hydroxyl groups excluding tert-OH is 1. The van der Waals surface area contributed by atoms with Crippen molar-refractivity contribution in [2.24, 2.45) is 0 Å². The normalized spacial score (nSPS) is 17.1. The van der Waals surface area contributed by atoms with Gasteiger partial charge >= 0.3 is 0 Å². The molecule has 0 aliphatic carbocycles. The molecule has 0 aromatic heterocycles. The predicted molar refractivity (Wildman–Crippen MR) is 149 cm³/mol. The molecule has 2 aromatic rings. The van der Waals surface area contributed by atoms with Crippen molar-refractivity contribution in [3.05, 3.63) is 70.8 Å². The summed E-state index contributed by atoms with van der Waals surface area (Å²) in [5.74, 6) is -0.594. The van der Waals surface area contributed by atoms with Gasteiger partial charge in [0.2, 0.25) is 0 Å². The zero-order chi connectivity index (χ0) is 26.8. The molecule has 2 aromatic carbocycles. The lowest BCUT2D eigenvalue weighted by atomic mass is 9.95. The zero-order valence-electron chi connectivity index (χ0n) is 22.8. The lowest BCUT2D eigenvalue weighted by Gasteiger charge is -2.27. The average molecular weight is 507 g/mol.